The predicted molar refractivity (Wildman–Crippen MR) is 87.4 cm³/mol. The van der Waals surface area contributed by atoms with Crippen molar-refractivity contribution in [2.75, 3.05) is 19.0 Å². The minimum absolute atomic E-state index is 0.122. The standard InChI is InChI=1S/C18H18ClNO/c1-20(2)15-9-5-12(6-10-15)16-11-17(16)18(21)13-3-7-14(19)8-4-13/h3-10,16-17H,11H2,1-2H3/t16-,17-/m1/s1. The number of rotatable bonds is 4. The summed E-state index contributed by atoms with van der Waals surface area (Å²) < 4.78 is 0. The van der Waals surface area contributed by atoms with Crippen molar-refractivity contribution in [2.24, 2.45) is 5.92 Å². The number of hydrogen-bond acceptors (Lipinski definition) is 2. The molecule has 0 spiro atoms. The van der Waals surface area contributed by atoms with Crippen molar-refractivity contribution >= 4 is 23.1 Å². The van der Waals surface area contributed by atoms with Crippen LogP contribution in [-0.2, 0) is 0 Å². The monoisotopic (exact) mass is 299 g/mol. The van der Waals surface area contributed by atoms with Gasteiger partial charge in [-0.25, -0.2) is 0 Å². The summed E-state index contributed by atoms with van der Waals surface area (Å²) in [4.78, 5) is 14.5. The van der Waals surface area contributed by atoms with Crippen molar-refractivity contribution in [2.45, 2.75) is 12.3 Å². The molecule has 0 bridgehead atoms. The summed E-state index contributed by atoms with van der Waals surface area (Å²) in [6.07, 6.45) is 0.947. The Labute approximate surface area is 130 Å². The second-order valence-electron chi connectivity index (χ2n) is 5.81. The van der Waals surface area contributed by atoms with Gasteiger partial charge in [0.05, 0.1) is 0 Å². The van der Waals surface area contributed by atoms with E-state index in [1.54, 1.807) is 12.1 Å². The smallest absolute Gasteiger partial charge is 0.166 e. The molecule has 1 aliphatic carbocycles. The topological polar surface area (TPSA) is 20.3 Å². The fraction of sp³-hybridized carbons (Fsp3) is 0.278. The molecule has 108 valence electrons. The second-order valence-corrected chi connectivity index (χ2v) is 6.24. The highest BCUT2D eigenvalue weighted by molar-refractivity contribution is 6.30. The van der Waals surface area contributed by atoms with Gasteiger partial charge < -0.3 is 4.90 Å². The summed E-state index contributed by atoms with van der Waals surface area (Å²) in [5.41, 5.74) is 3.20. The Morgan fingerprint density at radius 2 is 1.67 bits per heavy atom. The molecule has 2 nitrogen and oxygen atoms in total. The molecule has 3 rings (SSSR count). The van der Waals surface area contributed by atoms with E-state index < -0.39 is 0 Å². The average molecular weight is 300 g/mol. The van der Waals surface area contributed by atoms with Crippen LogP contribution in [0.3, 0.4) is 0 Å². The minimum atomic E-state index is 0.122. The molecular weight excluding hydrogens is 282 g/mol. The molecule has 1 saturated carbocycles. The van der Waals surface area contributed by atoms with Gasteiger partial charge in [0.15, 0.2) is 5.78 Å². The number of nitrogens with zero attached hydrogens (tertiary/aromatic N) is 1. The molecule has 1 fully saturated rings. The molecule has 2 atom stereocenters. The lowest BCUT2D eigenvalue weighted by Gasteiger charge is -2.12. The lowest BCUT2D eigenvalue weighted by atomic mass is 10.0. The Morgan fingerprint density at radius 3 is 2.24 bits per heavy atom. The van der Waals surface area contributed by atoms with Crippen molar-refractivity contribution in [3.63, 3.8) is 0 Å². The molecule has 3 heteroatoms. The maximum atomic E-state index is 12.4. The molecule has 0 aliphatic heterocycles. The van der Waals surface area contributed by atoms with Gasteiger partial charge >= 0.3 is 0 Å². The first-order valence-electron chi connectivity index (χ1n) is 7.13. The number of carbonyl (C=O) groups is 1. The summed E-state index contributed by atoms with van der Waals surface area (Å²) in [7, 11) is 4.05. The third kappa shape index (κ3) is 2.96. The molecule has 1 aliphatic rings. The Balaban J connectivity index is 1.71. The van der Waals surface area contributed by atoms with Gasteiger partial charge in [0.1, 0.15) is 0 Å². The highest BCUT2D eigenvalue weighted by Crippen LogP contribution is 2.49. The summed E-state index contributed by atoms with van der Waals surface area (Å²) in [5, 5.41) is 0.665. The van der Waals surface area contributed by atoms with E-state index in [2.05, 4.69) is 29.2 Å². The van der Waals surface area contributed by atoms with Crippen molar-refractivity contribution < 1.29 is 4.79 Å². The normalized spacial score (nSPS) is 20.1. The van der Waals surface area contributed by atoms with Gasteiger partial charge in [-0.05, 0) is 54.3 Å². The zero-order valence-corrected chi connectivity index (χ0v) is 13.0. The third-order valence-corrected chi connectivity index (χ3v) is 4.35. The van der Waals surface area contributed by atoms with Gasteiger partial charge in [-0.15, -0.1) is 0 Å². The van der Waals surface area contributed by atoms with Gasteiger partial charge in [0.25, 0.3) is 0 Å². The zero-order chi connectivity index (χ0) is 15.0. The maximum absolute atomic E-state index is 12.4. The van der Waals surface area contributed by atoms with E-state index in [1.807, 2.05) is 26.2 Å². The van der Waals surface area contributed by atoms with Crippen molar-refractivity contribution in [3.8, 4) is 0 Å². The van der Waals surface area contributed by atoms with Crippen LogP contribution >= 0.6 is 11.6 Å². The summed E-state index contributed by atoms with van der Waals surface area (Å²) in [5.74, 6) is 0.717. The number of ketones is 1. The van der Waals surface area contributed by atoms with E-state index >= 15 is 0 Å². The number of halogens is 1. The van der Waals surface area contributed by atoms with Gasteiger partial charge in [0, 0.05) is 36.3 Å². The first-order chi connectivity index (χ1) is 10.1. The predicted octanol–water partition coefficient (Wildman–Crippen LogP) is 4.39. The van der Waals surface area contributed by atoms with E-state index in [1.165, 1.54) is 11.3 Å². The second kappa shape index (κ2) is 5.53. The third-order valence-electron chi connectivity index (χ3n) is 4.09. The number of hydrogen-bond donors (Lipinski definition) is 0. The first-order valence-corrected chi connectivity index (χ1v) is 7.51. The fourth-order valence-electron chi connectivity index (χ4n) is 2.70. The van der Waals surface area contributed by atoms with Crippen LogP contribution in [0.4, 0.5) is 5.69 Å². The van der Waals surface area contributed by atoms with Crippen LogP contribution in [0, 0.1) is 5.92 Å². The molecule has 0 unspecified atom stereocenters. The highest BCUT2D eigenvalue weighted by atomic mass is 35.5. The largest absolute Gasteiger partial charge is 0.378 e. The SMILES string of the molecule is CN(C)c1ccc([C@H]2C[C@H]2C(=O)c2ccc(Cl)cc2)cc1. The van der Waals surface area contributed by atoms with Crippen LogP contribution < -0.4 is 4.90 Å². The Morgan fingerprint density at radius 1 is 1.05 bits per heavy atom. The molecule has 0 heterocycles. The van der Waals surface area contributed by atoms with Gasteiger partial charge in [-0.1, -0.05) is 23.7 Å². The highest BCUT2D eigenvalue weighted by Gasteiger charge is 2.43. The van der Waals surface area contributed by atoms with Crippen LogP contribution in [0.25, 0.3) is 0 Å². The van der Waals surface area contributed by atoms with Crippen molar-refractivity contribution in [1.29, 1.82) is 0 Å². The zero-order valence-electron chi connectivity index (χ0n) is 12.2. The lowest BCUT2D eigenvalue weighted by molar-refractivity contribution is 0.0965. The molecule has 0 saturated heterocycles. The van der Waals surface area contributed by atoms with E-state index in [0.29, 0.717) is 10.9 Å². The van der Waals surface area contributed by atoms with E-state index in [9.17, 15) is 4.79 Å². The number of Topliss-reactive ketones (excluding diaryl/α,β-unsaturated/α-hetero) is 1. The molecule has 21 heavy (non-hydrogen) atoms. The summed E-state index contributed by atoms with van der Waals surface area (Å²) in [6.45, 7) is 0. The molecule has 0 aromatic heterocycles. The van der Waals surface area contributed by atoms with Crippen LogP contribution in [-0.4, -0.2) is 19.9 Å². The van der Waals surface area contributed by atoms with Crippen LogP contribution in [0.1, 0.15) is 28.3 Å². The summed E-state index contributed by atoms with van der Waals surface area (Å²) in [6, 6.07) is 15.7. The van der Waals surface area contributed by atoms with Crippen molar-refractivity contribution in [3.05, 3.63) is 64.7 Å². The quantitative estimate of drug-likeness (QED) is 0.780. The van der Waals surface area contributed by atoms with Crippen molar-refractivity contribution in [1.82, 2.24) is 0 Å². The Bertz CT molecular complexity index is 646. The summed E-state index contributed by atoms with van der Waals surface area (Å²) >= 11 is 5.86. The molecule has 2 aromatic carbocycles. The fourth-order valence-corrected chi connectivity index (χ4v) is 2.83. The number of anilines is 1. The van der Waals surface area contributed by atoms with Crippen LogP contribution in [0.2, 0.25) is 5.02 Å². The molecule has 2 aromatic rings. The molecule has 0 radical (unpaired) electrons. The number of carbonyl (C=O) groups excluding carboxylic acids is 1. The molecule has 0 amide bonds. The first kappa shape index (κ1) is 14.2. The van der Waals surface area contributed by atoms with E-state index in [-0.39, 0.29) is 11.7 Å². The maximum Gasteiger partial charge on any atom is 0.166 e. The molecule has 0 N–H and O–H groups in total. The van der Waals surface area contributed by atoms with E-state index in [4.69, 9.17) is 11.6 Å². The van der Waals surface area contributed by atoms with Crippen LogP contribution in [0.15, 0.2) is 48.5 Å². The average Bonchev–Trinajstić information content (AvgIpc) is 3.28. The van der Waals surface area contributed by atoms with Gasteiger partial charge in [-0.3, -0.25) is 4.79 Å². The Hall–Kier alpha value is -1.80. The van der Waals surface area contributed by atoms with Crippen LogP contribution in [0.5, 0.6) is 0 Å². The molecular formula is C18H18ClNO. The minimum Gasteiger partial charge on any atom is -0.378 e. The van der Waals surface area contributed by atoms with Gasteiger partial charge in [0.2, 0.25) is 0 Å². The van der Waals surface area contributed by atoms with E-state index in [0.717, 1.165) is 12.0 Å². The lowest BCUT2D eigenvalue weighted by Crippen LogP contribution is -2.08. The van der Waals surface area contributed by atoms with Gasteiger partial charge in [-0.2, -0.15) is 0 Å². The Kier molecular flexibility index (Phi) is 3.73. The number of benzene rings is 2.